The smallest absolute Gasteiger partial charge is 0.246 e. The second kappa shape index (κ2) is 25.1. The average molecular weight is 1000 g/mol. The summed E-state index contributed by atoms with van der Waals surface area (Å²) in [7, 11) is -2.35. The van der Waals surface area contributed by atoms with Crippen molar-refractivity contribution in [2.75, 3.05) is 38.6 Å². The van der Waals surface area contributed by atoms with Crippen molar-refractivity contribution in [3.8, 4) is 5.75 Å². The number of H-pyrrole nitrogens is 1. The van der Waals surface area contributed by atoms with Crippen molar-refractivity contribution < 1.29 is 67.4 Å². The minimum Gasteiger partial charge on any atom is -0.494 e. The van der Waals surface area contributed by atoms with E-state index in [1.54, 1.807) is 32.0 Å². The number of aromatic amines is 1. The van der Waals surface area contributed by atoms with E-state index in [9.17, 15) is 62.7 Å². The van der Waals surface area contributed by atoms with Crippen LogP contribution in [0.4, 0.5) is 0 Å². The molecule has 4 heterocycles. The Balaban J connectivity index is 1.73. The molecule has 0 radical (unpaired) electrons. The van der Waals surface area contributed by atoms with Gasteiger partial charge in [-0.15, -0.1) is 0 Å². The van der Waals surface area contributed by atoms with Crippen LogP contribution in [0.15, 0.2) is 23.2 Å². The molecule has 2 bridgehead atoms. The molecule has 11 unspecified atom stereocenters. The van der Waals surface area contributed by atoms with E-state index in [2.05, 4.69) is 49.1 Å². The number of primary amides is 1. The number of nitrogens with two attached hydrogens (primary N) is 1. The molecule has 3 aliphatic rings. The number of hydrogen-bond donors (Lipinski definition) is 12. The van der Waals surface area contributed by atoms with Crippen molar-refractivity contribution in [3.63, 3.8) is 0 Å². The first-order chi connectivity index (χ1) is 33.3. The SMILES string of the molecule is CCCCCCOc1ccc2c3c([nH]c2c1)S(=O)CC1NC(=O)CNC(=O)C(C(C)CC)NC(=O)CNC(=O)C(C3)NC(=O)C(C(C)C(O)CO)NC(=O)C2CC(O)CN2C(=O)C(CC(N)=O)NC1=O. The molecule has 386 valence electrons. The number of carbonyl (C=O) groups excluding carboxylic acids is 9. The summed E-state index contributed by atoms with van der Waals surface area (Å²) in [5, 5.41) is 49.2. The van der Waals surface area contributed by atoms with Gasteiger partial charge in [-0.05, 0) is 30.0 Å². The van der Waals surface area contributed by atoms with Crippen LogP contribution in [0.2, 0.25) is 0 Å². The number of unbranched alkanes of at least 4 members (excludes halogenated alkanes) is 3. The number of aromatic nitrogens is 1. The van der Waals surface area contributed by atoms with Gasteiger partial charge in [0.1, 0.15) is 47.0 Å². The number of fused-ring (bicyclic) bond motifs is 5. The van der Waals surface area contributed by atoms with Crippen LogP contribution in [0.25, 0.3) is 10.9 Å². The van der Waals surface area contributed by atoms with Gasteiger partial charge in [0, 0.05) is 36.8 Å². The molecule has 0 spiro atoms. The summed E-state index contributed by atoms with van der Waals surface area (Å²) in [5.74, 6) is -11.1. The molecule has 25 heteroatoms. The lowest BCUT2D eigenvalue weighted by Crippen LogP contribution is -2.62. The fourth-order valence-corrected chi connectivity index (χ4v) is 9.90. The lowest BCUT2D eigenvalue weighted by atomic mass is 9.93. The third-order valence-corrected chi connectivity index (χ3v) is 14.2. The van der Waals surface area contributed by atoms with Crippen molar-refractivity contribution in [2.45, 2.75) is 133 Å². The first-order valence-corrected chi connectivity index (χ1v) is 24.8. The number of benzene rings is 1. The molecule has 1 aromatic carbocycles. The van der Waals surface area contributed by atoms with Crippen LogP contribution in [-0.2, 0) is 60.4 Å². The van der Waals surface area contributed by atoms with Gasteiger partial charge < -0.3 is 72.9 Å². The molecule has 3 aliphatic heterocycles. The van der Waals surface area contributed by atoms with E-state index >= 15 is 0 Å². The zero-order valence-electron chi connectivity index (χ0n) is 39.7. The maximum Gasteiger partial charge on any atom is 0.246 e. The molecule has 5 rings (SSSR count). The van der Waals surface area contributed by atoms with E-state index in [0.29, 0.717) is 29.7 Å². The van der Waals surface area contributed by atoms with Crippen LogP contribution >= 0.6 is 0 Å². The van der Waals surface area contributed by atoms with Gasteiger partial charge in [0.2, 0.25) is 53.2 Å². The Morgan fingerprint density at radius 3 is 2.23 bits per heavy atom. The number of ether oxygens (including phenoxy) is 1. The van der Waals surface area contributed by atoms with Crippen LogP contribution in [0.1, 0.15) is 78.2 Å². The molecule has 2 aromatic rings. The van der Waals surface area contributed by atoms with Gasteiger partial charge in [-0.1, -0.05) is 53.4 Å². The topological polar surface area (TPSA) is 370 Å². The largest absolute Gasteiger partial charge is 0.494 e. The summed E-state index contributed by atoms with van der Waals surface area (Å²) in [6, 6.07) is -4.96. The Bertz CT molecular complexity index is 2310. The van der Waals surface area contributed by atoms with E-state index in [4.69, 9.17) is 10.5 Å². The van der Waals surface area contributed by atoms with Crippen molar-refractivity contribution in [2.24, 2.45) is 17.6 Å². The van der Waals surface area contributed by atoms with Crippen molar-refractivity contribution in [1.82, 2.24) is 47.1 Å². The van der Waals surface area contributed by atoms with Gasteiger partial charge in [-0.3, -0.25) is 47.4 Å². The third-order valence-electron chi connectivity index (χ3n) is 12.8. The highest BCUT2D eigenvalue weighted by Crippen LogP contribution is 2.31. The van der Waals surface area contributed by atoms with Gasteiger partial charge in [0.15, 0.2) is 0 Å². The zero-order valence-corrected chi connectivity index (χ0v) is 40.5. The number of aliphatic hydroxyl groups is 3. The van der Waals surface area contributed by atoms with E-state index in [1.165, 1.54) is 6.92 Å². The van der Waals surface area contributed by atoms with Crippen molar-refractivity contribution >= 4 is 74.9 Å². The Kier molecular flexibility index (Phi) is 19.6. The van der Waals surface area contributed by atoms with Gasteiger partial charge >= 0.3 is 0 Å². The summed E-state index contributed by atoms with van der Waals surface area (Å²) in [6.45, 7) is 4.33. The molecule has 11 atom stereocenters. The summed E-state index contributed by atoms with van der Waals surface area (Å²) >= 11 is 0. The molecule has 0 aliphatic carbocycles. The Morgan fingerprint density at radius 2 is 1.56 bits per heavy atom. The second-order valence-electron chi connectivity index (χ2n) is 18.0. The molecule has 70 heavy (non-hydrogen) atoms. The van der Waals surface area contributed by atoms with E-state index < -0.39 is 176 Å². The molecular formula is C45H66N10O14S. The standard InChI is InChI=1S/C45H66N10O14S/c1-5-7-8-9-12-69-25-10-11-26-27-15-29-39(62)47-18-36(61)53-37(22(3)6-2)42(65)48-17-35(60)49-31(21-70(68)44(27)52-28(26)14-25)40(63)51-30(16-34(46)59)45(67)55-19-24(57)13-32(55)41(64)54-38(43(66)50-29)23(4)33(58)20-56/h10-11,14,22-24,29-33,37-38,52,56-58H,5-9,12-13,15-21H2,1-4H3,(H2,46,59)(H,47,62)(H,48,65)(H,49,60)(H,50,66)(H,51,63)(H,53,61)(H,54,64). The highest BCUT2D eigenvalue weighted by atomic mass is 32.2. The van der Waals surface area contributed by atoms with Gasteiger partial charge in [-0.25, -0.2) is 0 Å². The Morgan fingerprint density at radius 1 is 0.857 bits per heavy atom. The lowest BCUT2D eigenvalue weighted by Gasteiger charge is -2.32. The molecule has 1 fully saturated rings. The maximum absolute atomic E-state index is 14.9. The average Bonchev–Trinajstić information content (AvgIpc) is 3.90. The summed E-state index contributed by atoms with van der Waals surface area (Å²) < 4.78 is 20.9. The van der Waals surface area contributed by atoms with Crippen LogP contribution in [0.5, 0.6) is 5.75 Å². The Hall–Kier alpha value is -6.18. The van der Waals surface area contributed by atoms with Crippen LogP contribution < -0.4 is 47.7 Å². The first-order valence-electron chi connectivity index (χ1n) is 23.5. The Labute approximate surface area is 406 Å². The summed E-state index contributed by atoms with van der Waals surface area (Å²) in [5.41, 5.74) is 6.03. The van der Waals surface area contributed by atoms with Crippen molar-refractivity contribution in [1.29, 1.82) is 0 Å². The maximum atomic E-state index is 14.9. The predicted octanol–water partition coefficient (Wildman–Crippen LogP) is -3.67. The number of rotatable bonds is 13. The van der Waals surface area contributed by atoms with Crippen LogP contribution in [-0.4, -0.2) is 170 Å². The van der Waals surface area contributed by atoms with E-state index in [-0.39, 0.29) is 10.6 Å². The normalized spacial score (nSPS) is 27.0. The van der Waals surface area contributed by atoms with E-state index in [1.807, 2.05) is 0 Å². The molecule has 1 aromatic heterocycles. The number of nitrogens with one attached hydrogen (secondary N) is 8. The number of hydrogen-bond acceptors (Lipinski definition) is 14. The molecular weight excluding hydrogens is 937 g/mol. The zero-order chi connectivity index (χ0) is 51.4. The van der Waals surface area contributed by atoms with Crippen molar-refractivity contribution in [3.05, 3.63) is 23.8 Å². The number of nitrogens with zero attached hydrogens (tertiary/aromatic N) is 1. The second-order valence-corrected chi connectivity index (χ2v) is 19.5. The van der Waals surface area contributed by atoms with Gasteiger partial charge in [0.05, 0.1) is 67.0 Å². The molecule has 0 saturated carbocycles. The number of amides is 9. The number of aliphatic hydroxyl groups excluding tert-OH is 3. The molecule has 13 N–H and O–H groups in total. The first kappa shape index (κ1) is 54.8. The van der Waals surface area contributed by atoms with E-state index in [0.717, 1.165) is 30.6 Å². The number of carbonyl (C=O) groups is 9. The molecule has 24 nitrogen and oxygen atoms in total. The molecule has 9 amide bonds. The monoisotopic (exact) mass is 1000 g/mol. The summed E-state index contributed by atoms with van der Waals surface area (Å²) in [4.78, 5) is 129. The molecule has 1 saturated heterocycles. The quantitative estimate of drug-likeness (QED) is 0.0862. The van der Waals surface area contributed by atoms with Gasteiger partial charge in [0.25, 0.3) is 0 Å². The minimum absolute atomic E-state index is 0.0913. The van der Waals surface area contributed by atoms with Crippen LogP contribution in [0, 0.1) is 11.8 Å². The minimum atomic E-state index is -2.35. The van der Waals surface area contributed by atoms with Gasteiger partial charge in [-0.2, -0.15) is 0 Å². The lowest BCUT2D eigenvalue weighted by molar-refractivity contribution is -0.144. The predicted molar refractivity (Wildman–Crippen MR) is 250 cm³/mol. The highest BCUT2D eigenvalue weighted by molar-refractivity contribution is 7.85. The fraction of sp³-hybridized carbons (Fsp3) is 0.622. The fourth-order valence-electron chi connectivity index (χ4n) is 8.50. The third kappa shape index (κ3) is 14.0. The highest BCUT2D eigenvalue weighted by Gasteiger charge is 2.45. The summed E-state index contributed by atoms with van der Waals surface area (Å²) in [6.07, 6.45) is -0.598. The van der Waals surface area contributed by atoms with Crippen LogP contribution in [0.3, 0.4) is 0 Å².